The largest absolute Gasteiger partial charge is 0.467 e. The molecule has 1 amide bonds. The van der Waals surface area contributed by atoms with Crippen LogP contribution >= 0.6 is 0 Å². The van der Waals surface area contributed by atoms with Crippen LogP contribution in [0.5, 0.6) is 5.88 Å². The Balaban J connectivity index is 1.73. The molecule has 0 fully saturated rings. The number of fused-ring (bicyclic) bond motifs is 4. The third kappa shape index (κ3) is 6.55. The Morgan fingerprint density at radius 2 is 1.60 bits per heavy atom. The van der Waals surface area contributed by atoms with E-state index in [9.17, 15) is 13.2 Å². The fourth-order valence-corrected chi connectivity index (χ4v) is 6.17. The van der Waals surface area contributed by atoms with Gasteiger partial charge in [0, 0.05) is 24.3 Å². The first kappa shape index (κ1) is 30.2. The topological polar surface area (TPSA) is 120 Å². The number of aromatic nitrogens is 2. The summed E-state index contributed by atoms with van der Waals surface area (Å²) < 4.78 is 41.5. The number of aryl methyl sites for hydroxylation is 2. The van der Waals surface area contributed by atoms with Crippen molar-refractivity contribution in [3.8, 4) is 17.1 Å². The molecule has 10 heteroatoms. The van der Waals surface area contributed by atoms with Gasteiger partial charge in [0.25, 0.3) is 15.9 Å². The van der Waals surface area contributed by atoms with Gasteiger partial charge >= 0.3 is 0 Å². The number of ether oxygens (including phenoxy) is 2. The number of rotatable bonds is 4. The Kier molecular flexibility index (Phi) is 8.27. The maximum Gasteiger partial charge on any atom is 0.264 e. The molecule has 3 aromatic carbocycles. The smallest absolute Gasteiger partial charge is 0.264 e. The summed E-state index contributed by atoms with van der Waals surface area (Å²) in [6, 6.07) is 20.7. The molecule has 5 rings (SSSR count). The van der Waals surface area contributed by atoms with Crippen LogP contribution in [0.25, 0.3) is 11.3 Å². The zero-order valence-corrected chi connectivity index (χ0v) is 26.0. The second-order valence-corrected chi connectivity index (χ2v) is 13.4. The molecule has 1 aliphatic rings. The van der Waals surface area contributed by atoms with E-state index in [-0.39, 0.29) is 34.3 Å². The number of sulfonamides is 1. The lowest BCUT2D eigenvalue weighted by atomic mass is 9.86. The van der Waals surface area contributed by atoms with Gasteiger partial charge in [0.2, 0.25) is 11.8 Å². The number of carbonyl (C=O) groups excluding carboxylic acids is 1. The number of nitrogens with zero attached hydrogens (tertiary/aromatic N) is 2. The molecule has 0 saturated carbocycles. The predicted molar refractivity (Wildman–Crippen MR) is 166 cm³/mol. The van der Waals surface area contributed by atoms with Crippen molar-refractivity contribution in [2.75, 3.05) is 18.4 Å². The highest BCUT2D eigenvalue weighted by molar-refractivity contribution is 7.92. The van der Waals surface area contributed by atoms with Crippen LogP contribution in [0.2, 0.25) is 0 Å². The zero-order chi connectivity index (χ0) is 30.9. The third-order valence-corrected chi connectivity index (χ3v) is 8.78. The fourth-order valence-electron chi connectivity index (χ4n) is 5.18. The number of amides is 1. The van der Waals surface area contributed by atoms with Crippen LogP contribution in [0, 0.1) is 13.8 Å². The molecule has 0 radical (unpaired) electrons. The van der Waals surface area contributed by atoms with E-state index in [2.05, 4.69) is 40.8 Å². The van der Waals surface area contributed by atoms with Gasteiger partial charge in [-0.15, -0.1) is 0 Å². The first-order chi connectivity index (χ1) is 20.4. The molecule has 1 aromatic heterocycles. The Morgan fingerprint density at radius 3 is 2.26 bits per heavy atom. The van der Waals surface area contributed by atoms with Gasteiger partial charge in [0.1, 0.15) is 6.10 Å². The van der Waals surface area contributed by atoms with Crippen LogP contribution in [0.15, 0.2) is 77.7 Å². The summed E-state index contributed by atoms with van der Waals surface area (Å²) in [5.74, 6) is -0.479. The van der Waals surface area contributed by atoms with E-state index in [1.807, 2.05) is 56.3 Å². The first-order valence-corrected chi connectivity index (χ1v) is 15.5. The minimum Gasteiger partial charge on any atom is -0.467 e. The summed E-state index contributed by atoms with van der Waals surface area (Å²) in [4.78, 5) is 22.5. The van der Waals surface area contributed by atoms with Crippen LogP contribution < -0.4 is 14.8 Å². The highest BCUT2D eigenvalue weighted by Crippen LogP contribution is 2.33. The molecule has 2 N–H and O–H groups in total. The molecule has 9 nitrogen and oxygen atoms in total. The Hall–Kier alpha value is -4.28. The van der Waals surface area contributed by atoms with E-state index in [4.69, 9.17) is 9.47 Å². The molecule has 0 spiro atoms. The molecule has 2 heterocycles. The number of carbonyl (C=O) groups is 1. The van der Waals surface area contributed by atoms with Crippen LogP contribution in [0.3, 0.4) is 0 Å². The summed E-state index contributed by atoms with van der Waals surface area (Å²) in [6.45, 7) is 10.5. The quantitative estimate of drug-likeness (QED) is 0.307. The highest BCUT2D eigenvalue weighted by atomic mass is 32.2. The maximum absolute atomic E-state index is 13.5. The van der Waals surface area contributed by atoms with Crippen molar-refractivity contribution in [2.45, 2.75) is 57.1 Å². The van der Waals surface area contributed by atoms with Crippen molar-refractivity contribution in [1.29, 1.82) is 0 Å². The Morgan fingerprint density at radius 1 is 0.930 bits per heavy atom. The van der Waals surface area contributed by atoms with Gasteiger partial charge in [-0.2, -0.15) is 4.98 Å². The van der Waals surface area contributed by atoms with Gasteiger partial charge < -0.3 is 14.8 Å². The summed E-state index contributed by atoms with van der Waals surface area (Å²) in [6.07, 6.45) is -0.743. The second-order valence-electron chi connectivity index (χ2n) is 11.8. The number of anilines is 1. The second kappa shape index (κ2) is 11.8. The fraction of sp³-hybridized carbons (Fsp3) is 0.303. The average molecular weight is 601 g/mol. The van der Waals surface area contributed by atoms with Crippen LogP contribution in [-0.4, -0.2) is 44.1 Å². The number of methoxy groups -OCH3 is 1. The van der Waals surface area contributed by atoms with Crippen LogP contribution in [-0.2, 0) is 20.2 Å². The molecule has 0 saturated heterocycles. The summed E-state index contributed by atoms with van der Waals surface area (Å²) in [5, 5.41) is 3.01. The number of nitrogens with one attached hydrogen (secondary N) is 2. The van der Waals surface area contributed by atoms with Crippen molar-refractivity contribution in [2.24, 2.45) is 0 Å². The maximum atomic E-state index is 13.5. The van der Waals surface area contributed by atoms with Crippen LogP contribution in [0.1, 0.15) is 59.5 Å². The van der Waals surface area contributed by atoms with E-state index in [1.165, 1.54) is 18.2 Å². The van der Waals surface area contributed by atoms with Crippen molar-refractivity contribution >= 4 is 21.9 Å². The lowest BCUT2D eigenvalue weighted by molar-refractivity contribution is 0.0669. The van der Waals surface area contributed by atoms with Gasteiger partial charge in [0.05, 0.1) is 23.2 Å². The molecule has 1 aliphatic heterocycles. The summed E-state index contributed by atoms with van der Waals surface area (Å²) in [5.41, 5.74) is 5.30. The lowest BCUT2D eigenvalue weighted by Gasteiger charge is -2.29. The van der Waals surface area contributed by atoms with Crippen molar-refractivity contribution in [1.82, 2.24) is 15.3 Å². The molecule has 2 atom stereocenters. The molecule has 4 aromatic rings. The van der Waals surface area contributed by atoms with Gasteiger partial charge in [0.15, 0.2) is 0 Å². The van der Waals surface area contributed by atoms with Crippen molar-refractivity contribution in [3.63, 3.8) is 0 Å². The van der Waals surface area contributed by atoms with Crippen LogP contribution in [0.4, 0.5) is 5.95 Å². The van der Waals surface area contributed by atoms with E-state index >= 15 is 0 Å². The van der Waals surface area contributed by atoms with Crippen molar-refractivity contribution < 1.29 is 22.7 Å². The van der Waals surface area contributed by atoms with Crippen molar-refractivity contribution in [3.05, 3.63) is 101 Å². The number of hydrogen-bond acceptors (Lipinski definition) is 7. The van der Waals surface area contributed by atoms with Gasteiger partial charge in [-0.05, 0) is 59.7 Å². The Labute approximate surface area is 252 Å². The predicted octanol–water partition coefficient (Wildman–Crippen LogP) is 5.74. The summed E-state index contributed by atoms with van der Waals surface area (Å²) >= 11 is 0. The van der Waals surface area contributed by atoms with E-state index in [0.29, 0.717) is 5.69 Å². The monoisotopic (exact) mass is 600 g/mol. The van der Waals surface area contributed by atoms with Gasteiger partial charge in [-0.25, -0.2) is 18.1 Å². The molecule has 224 valence electrons. The number of hydrogen-bond donors (Lipinski definition) is 2. The minimum absolute atomic E-state index is 0.0612. The SMILES string of the molecule is COC[C@H]1NC(=O)c2cccc(c2)S(=O)(=O)Nc2nc(cc(-c3c(C)cccc3C)n2)O[C@@H]1c1ccc(C(C)(C)C)cc1. The van der Waals surface area contributed by atoms with Gasteiger partial charge in [-0.3, -0.25) is 4.79 Å². The van der Waals surface area contributed by atoms with E-state index < -0.39 is 28.1 Å². The molecule has 43 heavy (non-hydrogen) atoms. The standard InChI is InChI=1S/C33H36N4O5S/c1-20-9-7-10-21(2)29(20)26-18-28-36-32(35-26)37-43(39,40)25-12-8-11-23(17-25)31(38)34-27(19-41-6)30(42-28)22-13-15-24(16-14-22)33(3,4)5/h7-18,27,30H,19H2,1-6H3,(H,34,38)(H,35,36,37)/t27-,30-/m1/s1. The molecular weight excluding hydrogens is 564 g/mol. The molecule has 0 unspecified atom stereocenters. The van der Waals surface area contributed by atoms with Gasteiger partial charge in [-0.1, -0.05) is 69.3 Å². The van der Waals surface area contributed by atoms with E-state index in [1.54, 1.807) is 19.2 Å². The first-order valence-electron chi connectivity index (χ1n) is 14.0. The number of benzene rings is 3. The molecular formula is C33H36N4O5S. The zero-order valence-electron chi connectivity index (χ0n) is 25.1. The molecule has 0 aliphatic carbocycles. The Bertz CT molecular complexity index is 1750. The third-order valence-electron chi connectivity index (χ3n) is 7.45. The minimum atomic E-state index is -4.14. The van der Waals surface area contributed by atoms with E-state index in [0.717, 1.165) is 27.8 Å². The lowest BCUT2D eigenvalue weighted by Crippen LogP contribution is -2.44. The summed E-state index contributed by atoms with van der Waals surface area (Å²) in [7, 11) is -2.60. The highest BCUT2D eigenvalue weighted by Gasteiger charge is 2.30. The normalized spacial score (nSPS) is 18.2. The molecule has 4 bridgehead atoms. The average Bonchev–Trinajstić information content (AvgIpc) is 2.95.